The number of amides is 1. The summed E-state index contributed by atoms with van der Waals surface area (Å²) < 4.78 is 5.29. The number of hydrogen-bond donors (Lipinski definition) is 1. The van der Waals surface area contributed by atoms with Gasteiger partial charge >= 0.3 is 0 Å². The molecular weight excluding hydrogens is 384 g/mol. The van der Waals surface area contributed by atoms with Crippen molar-refractivity contribution in [2.45, 2.75) is 11.4 Å². The number of aromatic nitrogens is 2. The van der Waals surface area contributed by atoms with E-state index in [0.29, 0.717) is 23.3 Å². The second-order valence-corrected chi connectivity index (χ2v) is 7.22. The molecule has 6 nitrogen and oxygen atoms in total. The molecule has 8 heteroatoms. The van der Waals surface area contributed by atoms with Crippen LogP contribution in [0.2, 0.25) is 5.02 Å². The summed E-state index contributed by atoms with van der Waals surface area (Å²) >= 11 is 7.48. The number of anilines is 1. The Balaban J connectivity index is 1.57. The van der Waals surface area contributed by atoms with E-state index in [1.807, 2.05) is 54.6 Å². The van der Waals surface area contributed by atoms with E-state index in [1.165, 1.54) is 0 Å². The number of benzene rings is 2. The van der Waals surface area contributed by atoms with Crippen molar-refractivity contribution in [3.8, 4) is 11.4 Å². The number of nitrogens with one attached hydrogen (secondary N) is 1. The molecular formula is C19H19ClN4O2S. The van der Waals surface area contributed by atoms with E-state index in [4.69, 9.17) is 16.1 Å². The summed E-state index contributed by atoms with van der Waals surface area (Å²) in [6.45, 7) is 0.583. The van der Waals surface area contributed by atoms with Gasteiger partial charge in [-0.25, -0.2) is 0 Å². The molecule has 1 heterocycles. The maximum atomic E-state index is 12.3. The standard InChI is InChI=1S/C19H19ClN4O2S/c1-24(11-17(25)21-15-5-3-4-6-16(15)27-2)12-18-22-19(23-26-18)13-7-9-14(20)10-8-13/h3-10H,11-12H2,1-2H3,(H,21,25). The fraction of sp³-hybridized carbons (Fsp3) is 0.211. The zero-order valence-corrected chi connectivity index (χ0v) is 16.5. The SMILES string of the molecule is CSc1ccccc1NC(=O)CN(C)Cc1nc(-c2ccc(Cl)cc2)no1. The predicted octanol–water partition coefficient (Wildman–Crippen LogP) is 4.18. The molecule has 0 aliphatic heterocycles. The molecule has 1 amide bonds. The van der Waals surface area contributed by atoms with Gasteiger partial charge in [0.2, 0.25) is 17.6 Å². The minimum atomic E-state index is -0.101. The minimum Gasteiger partial charge on any atom is -0.338 e. The van der Waals surface area contributed by atoms with Gasteiger partial charge in [-0.1, -0.05) is 28.9 Å². The molecule has 1 aromatic heterocycles. The molecule has 3 aromatic rings. The monoisotopic (exact) mass is 402 g/mol. The molecule has 0 unspecified atom stereocenters. The molecule has 0 spiro atoms. The number of nitrogens with zero attached hydrogens (tertiary/aromatic N) is 3. The molecule has 2 aromatic carbocycles. The van der Waals surface area contributed by atoms with Crippen LogP contribution in [0.3, 0.4) is 0 Å². The molecule has 0 fully saturated rings. The van der Waals surface area contributed by atoms with E-state index in [0.717, 1.165) is 16.1 Å². The normalized spacial score (nSPS) is 11.0. The van der Waals surface area contributed by atoms with Crippen LogP contribution in [0.5, 0.6) is 0 Å². The average Bonchev–Trinajstić information content (AvgIpc) is 3.10. The highest BCUT2D eigenvalue weighted by Crippen LogP contribution is 2.24. The van der Waals surface area contributed by atoms with Gasteiger partial charge in [-0.2, -0.15) is 4.98 Å². The summed E-state index contributed by atoms with van der Waals surface area (Å²) in [5, 5.41) is 7.56. The lowest BCUT2D eigenvalue weighted by Crippen LogP contribution is -2.30. The van der Waals surface area contributed by atoms with Crippen molar-refractivity contribution in [3.63, 3.8) is 0 Å². The van der Waals surface area contributed by atoms with E-state index >= 15 is 0 Å². The smallest absolute Gasteiger partial charge is 0.241 e. The summed E-state index contributed by atoms with van der Waals surface area (Å²) in [6.07, 6.45) is 1.98. The van der Waals surface area contributed by atoms with Crippen molar-refractivity contribution in [1.29, 1.82) is 0 Å². The Morgan fingerprint density at radius 3 is 2.70 bits per heavy atom. The van der Waals surface area contributed by atoms with E-state index < -0.39 is 0 Å². The Bertz CT molecular complexity index is 914. The molecule has 0 aliphatic carbocycles. The van der Waals surface area contributed by atoms with Gasteiger partial charge in [0.25, 0.3) is 0 Å². The van der Waals surface area contributed by atoms with Crippen molar-refractivity contribution in [2.24, 2.45) is 0 Å². The second-order valence-electron chi connectivity index (χ2n) is 5.94. The molecule has 1 N–H and O–H groups in total. The highest BCUT2D eigenvalue weighted by molar-refractivity contribution is 7.98. The van der Waals surface area contributed by atoms with Gasteiger partial charge in [0.05, 0.1) is 18.8 Å². The second kappa shape index (κ2) is 9.03. The minimum absolute atomic E-state index is 0.101. The molecule has 0 bridgehead atoms. The maximum Gasteiger partial charge on any atom is 0.241 e. The number of para-hydroxylation sites is 1. The fourth-order valence-corrected chi connectivity index (χ4v) is 3.18. The third-order valence-corrected chi connectivity index (χ3v) is 4.82. The van der Waals surface area contributed by atoms with Crippen molar-refractivity contribution in [3.05, 3.63) is 59.4 Å². The van der Waals surface area contributed by atoms with Crippen molar-refractivity contribution < 1.29 is 9.32 Å². The Kier molecular flexibility index (Phi) is 6.49. The first-order valence-corrected chi connectivity index (χ1v) is 9.85. The zero-order chi connectivity index (χ0) is 19.2. The van der Waals surface area contributed by atoms with Crippen LogP contribution in [0, 0.1) is 0 Å². The predicted molar refractivity (Wildman–Crippen MR) is 108 cm³/mol. The zero-order valence-electron chi connectivity index (χ0n) is 15.0. The third kappa shape index (κ3) is 5.32. The van der Waals surface area contributed by atoms with E-state index in [1.54, 1.807) is 23.9 Å². The number of carbonyl (C=O) groups is 1. The van der Waals surface area contributed by atoms with Gasteiger partial charge in [0.1, 0.15) is 0 Å². The fourth-order valence-electron chi connectivity index (χ4n) is 2.50. The van der Waals surface area contributed by atoms with Gasteiger partial charge in [-0.15, -0.1) is 11.8 Å². The third-order valence-electron chi connectivity index (χ3n) is 3.77. The highest BCUT2D eigenvalue weighted by atomic mass is 35.5. The van der Waals surface area contributed by atoms with Gasteiger partial charge in [0, 0.05) is 15.5 Å². The van der Waals surface area contributed by atoms with Crippen LogP contribution in [0.25, 0.3) is 11.4 Å². The quantitative estimate of drug-likeness (QED) is 0.597. The first kappa shape index (κ1) is 19.4. The van der Waals surface area contributed by atoms with Crippen LogP contribution >= 0.6 is 23.4 Å². The lowest BCUT2D eigenvalue weighted by atomic mass is 10.2. The molecule has 0 saturated heterocycles. The van der Waals surface area contributed by atoms with Gasteiger partial charge in [0.15, 0.2) is 0 Å². The number of carbonyl (C=O) groups excluding carboxylic acids is 1. The van der Waals surface area contributed by atoms with Crippen LogP contribution in [0.15, 0.2) is 57.9 Å². The molecule has 0 atom stereocenters. The number of rotatable bonds is 7. The number of hydrogen-bond acceptors (Lipinski definition) is 6. The maximum absolute atomic E-state index is 12.3. The van der Waals surface area contributed by atoms with Gasteiger partial charge < -0.3 is 9.84 Å². The largest absolute Gasteiger partial charge is 0.338 e. The molecule has 140 valence electrons. The lowest BCUT2D eigenvalue weighted by molar-refractivity contribution is -0.117. The van der Waals surface area contributed by atoms with E-state index in [-0.39, 0.29) is 12.5 Å². The Labute approximate surface area is 166 Å². The first-order chi connectivity index (χ1) is 13.0. The van der Waals surface area contributed by atoms with Crippen LogP contribution in [-0.2, 0) is 11.3 Å². The molecule has 0 aliphatic rings. The topological polar surface area (TPSA) is 71.3 Å². The molecule has 27 heavy (non-hydrogen) atoms. The summed E-state index contributed by atoms with van der Waals surface area (Å²) in [5.74, 6) is 0.838. The van der Waals surface area contributed by atoms with Gasteiger partial charge in [-0.3, -0.25) is 9.69 Å². The van der Waals surface area contributed by atoms with Crippen molar-refractivity contribution >= 4 is 35.0 Å². The number of likely N-dealkylation sites (N-methyl/N-ethyl adjacent to an activating group) is 1. The number of halogens is 1. The number of thioether (sulfide) groups is 1. The Hall–Kier alpha value is -2.35. The summed E-state index contributed by atoms with van der Waals surface area (Å²) in [7, 11) is 1.83. The average molecular weight is 403 g/mol. The molecule has 3 rings (SSSR count). The van der Waals surface area contributed by atoms with Gasteiger partial charge in [-0.05, 0) is 49.7 Å². The Morgan fingerprint density at radius 2 is 1.96 bits per heavy atom. The van der Waals surface area contributed by atoms with Crippen molar-refractivity contribution in [2.75, 3.05) is 25.2 Å². The van der Waals surface area contributed by atoms with Crippen molar-refractivity contribution in [1.82, 2.24) is 15.0 Å². The molecule has 0 saturated carbocycles. The van der Waals surface area contributed by atoms with Crippen LogP contribution in [0.1, 0.15) is 5.89 Å². The summed E-state index contributed by atoms with van der Waals surface area (Å²) in [4.78, 5) is 19.5. The highest BCUT2D eigenvalue weighted by Gasteiger charge is 2.14. The van der Waals surface area contributed by atoms with Crippen LogP contribution in [0.4, 0.5) is 5.69 Å². The van der Waals surface area contributed by atoms with E-state index in [9.17, 15) is 4.79 Å². The summed E-state index contributed by atoms with van der Waals surface area (Å²) in [5.41, 5.74) is 1.63. The Morgan fingerprint density at radius 1 is 1.22 bits per heavy atom. The van der Waals surface area contributed by atoms with Crippen LogP contribution < -0.4 is 5.32 Å². The van der Waals surface area contributed by atoms with E-state index in [2.05, 4.69) is 15.5 Å². The molecule has 0 radical (unpaired) electrons. The first-order valence-electron chi connectivity index (χ1n) is 8.25. The lowest BCUT2D eigenvalue weighted by Gasteiger charge is -2.15. The van der Waals surface area contributed by atoms with Crippen LogP contribution in [-0.4, -0.2) is 40.8 Å². The summed E-state index contributed by atoms with van der Waals surface area (Å²) in [6, 6.07) is 14.9.